The zero-order valence-corrected chi connectivity index (χ0v) is 9.19. The Morgan fingerprint density at radius 2 is 2.07 bits per heavy atom. The lowest BCUT2D eigenvalue weighted by Gasteiger charge is -2.43. The molecule has 0 aromatic heterocycles. The molecule has 15 heavy (non-hydrogen) atoms. The summed E-state index contributed by atoms with van der Waals surface area (Å²) in [5, 5.41) is 9.42. The molecule has 1 fully saturated rings. The molecule has 0 spiro atoms. The molecule has 1 saturated heterocycles. The number of hydrogen-bond donors (Lipinski definition) is 2. The zero-order chi connectivity index (χ0) is 11.6. The molecule has 86 valence electrons. The van der Waals surface area contributed by atoms with E-state index in [2.05, 4.69) is 0 Å². The minimum absolute atomic E-state index is 0.219. The average molecular weight is 214 g/mol. The first-order valence-corrected chi connectivity index (χ1v) is 5.18. The van der Waals surface area contributed by atoms with Gasteiger partial charge in [0.2, 0.25) is 5.78 Å². The Hall–Kier alpha value is -0.940. The normalized spacial score (nSPS) is 20.7. The summed E-state index contributed by atoms with van der Waals surface area (Å²) in [6.07, 6.45) is 1.30. The van der Waals surface area contributed by atoms with Gasteiger partial charge in [-0.05, 0) is 13.3 Å². The van der Waals surface area contributed by atoms with Gasteiger partial charge in [-0.1, -0.05) is 13.3 Å². The van der Waals surface area contributed by atoms with E-state index in [4.69, 9.17) is 5.73 Å². The number of β-amino-alcohol motifs (C(OH)–C–C–N with tert-alkyl or cyclic N) is 1. The molecule has 5 heteroatoms. The van der Waals surface area contributed by atoms with E-state index in [-0.39, 0.29) is 13.1 Å². The number of aliphatic hydroxyl groups is 1. The molecule has 1 rings (SSSR count). The molecule has 3 N–H and O–H groups in total. The summed E-state index contributed by atoms with van der Waals surface area (Å²) in [6.45, 7) is 3.98. The second-order valence-corrected chi connectivity index (χ2v) is 4.42. The molecule has 0 aromatic rings. The molecule has 0 aliphatic carbocycles. The number of nitrogens with two attached hydrogens (primary N) is 1. The fourth-order valence-corrected chi connectivity index (χ4v) is 1.68. The SMILES string of the molecule is CCCC(N)C(=O)C(=O)N1CC(C)(O)C1. The van der Waals surface area contributed by atoms with E-state index in [0.29, 0.717) is 6.42 Å². The lowest BCUT2D eigenvalue weighted by atomic mass is 9.95. The van der Waals surface area contributed by atoms with Gasteiger partial charge in [0.15, 0.2) is 0 Å². The van der Waals surface area contributed by atoms with E-state index in [1.165, 1.54) is 4.90 Å². The van der Waals surface area contributed by atoms with Crippen molar-refractivity contribution >= 4 is 11.7 Å². The molecule has 0 bridgehead atoms. The van der Waals surface area contributed by atoms with E-state index >= 15 is 0 Å². The van der Waals surface area contributed by atoms with Gasteiger partial charge in [0.05, 0.1) is 24.7 Å². The van der Waals surface area contributed by atoms with Gasteiger partial charge in [0.25, 0.3) is 5.91 Å². The third-order valence-electron chi connectivity index (χ3n) is 2.50. The number of ketones is 1. The largest absolute Gasteiger partial charge is 0.386 e. The van der Waals surface area contributed by atoms with Gasteiger partial charge in [-0.2, -0.15) is 0 Å². The summed E-state index contributed by atoms with van der Waals surface area (Å²) in [5.41, 5.74) is 4.71. The summed E-state index contributed by atoms with van der Waals surface area (Å²) in [6, 6.07) is -0.701. The van der Waals surface area contributed by atoms with E-state index in [0.717, 1.165) is 6.42 Å². The lowest BCUT2D eigenvalue weighted by Crippen LogP contribution is -2.64. The molecule has 0 radical (unpaired) electrons. The second kappa shape index (κ2) is 4.28. The van der Waals surface area contributed by atoms with Crippen LogP contribution in [0.5, 0.6) is 0 Å². The van der Waals surface area contributed by atoms with Crippen LogP contribution in [0.4, 0.5) is 0 Å². The highest BCUT2D eigenvalue weighted by Crippen LogP contribution is 2.20. The first-order valence-electron chi connectivity index (χ1n) is 5.18. The molecule has 0 aromatic carbocycles. The van der Waals surface area contributed by atoms with Crippen LogP contribution in [0.1, 0.15) is 26.7 Å². The Morgan fingerprint density at radius 3 is 2.47 bits per heavy atom. The maximum Gasteiger partial charge on any atom is 0.291 e. The van der Waals surface area contributed by atoms with Crippen molar-refractivity contribution in [3.05, 3.63) is 0 Å². The smallest absolute Gasteiger partial charge is 0.291 e. The van der Waals surface area contributed by atoms with Crippen LogP contribution < -0.4 is 5.73 Å². The third kappa shape index (κ3) is 2.76. The van der Waals surface area contributed by atoms with Crippen molar-refractivity contribution in [2.75, 3.05) is 13.1 Å². The van der Waals surface area contributed by atoms with Crippen LogP contribution in [0.3, 0.4) is 0 Å². The summed E-state index contributed by atoms with van der Waals surface area (Å²) in [4.78, 5) is 24.3. The molecule has 1 amide bonds. The molecule has 1 aliphatic heterocycles. The van der Waals surface area contributed by atoms with Gasteiger partial charge in [-0.3, -0.25) is 9.59 Å². The standard InChI is InChI=1S/C10H18N2O3/c1-3-4-7(11)8(13)9(14)12-5-10(2,15)6-12/h7,15H,3-6,11H2,1-2H3. The number of hydrogen-bond acceptors (Lipinski definition) is 4. The minimum atomic E-state index is -0.842. The van der Waals surface area contributed by atoms with Crippen LogP contribution >= 0.6 is 0 Å². The number of carbonyl (C=O) groups is 2. The van der Waals surface area contributed by atoms with Gasteiger partial charge < -0.3 is 15.7 Å². The van der Waals surface area contributed by atoms with Crippen molar-refractivity contribution in [3.8, 4) is 0 Å². The average Bonchev–Trinajstić information content (AvgIpc) is 2.12. The summed E-state index contributed by atoms with van der Waals surface area (Å²) in [5.74, 6) is -1.12. The predicted octanol–water partition coefficient (Wildman–Crippen LogP) is -0.724. The Morgan fingerprint density at radius 1 is 1.53 bits per heavy atom. The monoisotopic (exact) mass is 214 g/mol. The van der Waals surface area contributed by atoms with E-state index < -0.39 is 23.3 Å². The quantitative estimate of drug-likeness (QED) is 0.605. The number of carbonyl (C=O) groups excluding carboxylic acids is 2. The molecule has 5 nitrogen and oxygen atoms in total. The summed E-state index contributed by atoms with van der Waals surface area (Å²) < 4.78 is 0. The molecule has 1 heterocycles. The van der Waals surface area contributed by atoms with Gasteiger partial charge in [0, 0.05) is 0 Å². The Balaban J connectivity index is 2.45. The molecule has 1 atom stereocenters. The Bertz CT molecular complexity index is 268. The van der Waals surface area contributed by atoms with Crippen molar-refractivity contribution in [1.82, 2.24) is 4.90 Å². The van der Waals surface area contributed by atoms with Crippen LogP contribution in [0, 0.1) is 0 Å². The second-order valence-electron chi connectivity index (χ2n) is 4.42. The highest BCUT2D eigenvalue weighted by molar-refractivity contribution is 6.38. The van der Waals surface area contributed by atoms with E-state index in [1.807, 2.05) is 6.92 Å². The van der Waals surface area contributed by atoms with E-state index in [9.17, 15) is 14.7 Å². The third-order valence-corrected chi connectivity index (χ3v) is 2.50. The van der Waals surface area contributed by atoms with Gasteiger partial charge in [-0.15, -0.1) is 0 Å². The van der Waals surface area contributed by atoms with Crippen molar-refractivity contribution in [2.45, 2.75) is 38.3 Å². The van der Waals surface area contributed by atoms with Gasteiger partial charge >= 0.3 is 0 Å². The van der Waals surface area contributed by atoms with Crippen LogP contribution in [0.2, 0.25) is 0 Å². The van der Waals surface area contributed by atoms with Crippen molar-refractivity contribution in [3.63, 3.8) is 0 Å². The van der Waals surface area contributed by atoms with Crippen molar-refractivity contribution in [2.24, 2.45) is 5.73 Å². The van der Waals surface area contributed by atoms with Crippen molar-refractivity contribution in [1.29, 1.82) is 0 Å². The predicted molar refractivity (Wildman–Crippen MR) is 55.1 cm³/mol. The van der Waals surface area contributed by atoms with Crippen LogP contribution in [-0.4, -0.2) is 46.4 Å². The highest BCUT2D eigenvalue weighted by Gasteiger charge is 2.42. The maximum atomic E-state index is 11.5. The number of amides is 1. The number of likely N-dealkylation sites (tertiary alicyclic amines) is 1. The van der Waals surface area contributed by atoms with Gasteiger partial charge in [0.1, 0.15) is 0 Å². The lowest BCUT2D eigenvalue weighted by molar-refractivity contribution is -0.159. The Labute approximate surface area is 89.2 Å². The molecule has 1 unspecified atom stereocenters. The first-order chi connectivity index (χ1) is 6.87. The van der Waals surface area contributed by atoms with Crippen LogP contribution in [0.15, 0.2) is 0 Å². The zero-order valence-electron chi connectivity index (χ0n) is 9.19. The van der Waals surface area contributed by atoms with Crippen LogP contribution in [0.25, 0.3) is 0 Å². The molecule has 1 aliphatic rings. The minimum Gasteiger partial charge on any atom is -0.386 e. The van der Waals surface area contributed by atoms with Gasteiger partial charge in [-0.25, -0.2) is 0 Å². The molecular weight excluding hydrogens is 196 g/mol. The van der Waals surface area contributed by atoms with Crippen LogP contribution in [-0.2, 0) is 9.59 Å². The highest BCUT2D eigenvalue weighted by atomic mass is 16.3. The number of nitrogens with zero attached hydrogens (tertiary/aromatic N) is 1. The summed E-state index contributed by atoms with van der Waals surface area (Å²) >= 11 is 0. The number of rotatable bonds is 4. The number of Topliss-reactive ketones (excluding diaryl/α,β-unsaturated/α-hetero) is 1. The molecule has 0 saturated carbocycles. The fraction of sp³-hybridized carbons (Fsp3) is 0.800. The maximum absolute atomic E-state index is 11.5. The topological polar surface area (TPSA) is 83.6 Å². The molecular formula is C10H18N2O3. The van der Waals surface area contributed by atoms with E-state index in [1.54, 1.807) is 6.92 Å². The first kappa shape index (κ1) is 12.1. The summed E-state index contributed by atoms with van der Waals surface area (Å²) in [7, 11) is 0. The fourth-order valence-electron chi connectivity index (χ4n) is 1.68. The Kier molecular flexibility index (Phi) is 3.46. The van der Waals surface area contributed by atoms with Crippen molar-refractivity contribution < 1.29 is 14.7 Å².